The minimum atomic E-state index is -5.19. The van der Waals surface area contributed by atoms with Gasteiger partial charge in [0.15, 0.2) is 11.9 Å². The normalized spacial score (nSPS) is 12.7. The lowest BCUT2D eigenvalue weighted by Crippen LogP contribution is -2.56. The minimum Gasteiger partial charge on any atom is -0.542 e. The number of hydrogen-bond donors (Lipinski definition) is 8. The van der Waals surface area contributed by atoms with E-state index in [-0.39, 0.29) is 31.3 Å². The van der Waals surface area contributed by atoms with E-state index in [4.69, 9.17) is 44.3 Å². The number of hydrogen-bond acceptors (Lipinski definition) is 8. The summed E-state index contributed by atoms with van der Waals surface area (Å²) in [7, 11) is 0. The molecule has 0 aromatic carbocycles. The van der Waals surface area contributed by atoms with Crippen molar-refractivity contribution < 1.29 is 42.0 Å². The number of unbranched alkanes of at least 4 members (excludes halogenated alkanes) is 8. The predicted molar refractivity (Wildman–Crippen MR) is 198 cm³/mol. The molecule has 0 saturated carbocycles. The van der Waals surface area contributed by atoms with Gasteiger partial charge >= 0.3 is 6.18 Å². The van der Waals surface area contributed by atoms with Crippen LogP contribution in [0.25, 0.3) is 0 Å². The number of amides is 3. The molecule has 0 aliphatic rings. The monoisotopic (exact) mass is 776 g/mol. The topological polar surface area (TPSA) is 305 Å². The van der Waals surface area contributed by atoms with Gasteiger partial charge in [-0.25, -0.2) is 9.13 Å². The third-order valence-corrected chi connectivity index (χ3v) is 8.18. The van der Waals surface area contributed by atoms with Crippen LogP contribution in [0.15, 0.2) is 22.5 Å². The standard InChI is InChI=1S/C32H62N12O3.C2HF3O2/c1-3-5-7-9-11-19-43-22-24(44(23-43)20-12-10-8-6-4-2)21-27(42-29(46)25(33)15-13-17-39-31(35)36)30(47)41-26(28(34)45)16-14-18-40-32(37)38;3-2(4,5)1(6)7/h22-23,25-27H,3-21,33H2,1-2H3,(H11-,34,35,36,37,38,39,40,41,42,45,46,47);(H,6,7)/t25-,26-,27-;/m0./s1. The van der Waals surface area contributed by atoms with E-state index in [0.29, 0.717) is 25.8 Å². The van der Waals surface area contributed by atoms with Gasteiger partial charge in [-0.3, -0.25) is 24.4 Å². The molecule has 0 unspecified atom stereocenters. The zero-order chi connectivity index (χ0) is 41.1. The fraction of sp³-hybridized carbons (Fsp3) is 0.735. The van der Waals surface area contributed by atoms with Crippen molar-refractivity contribution in [1.82, 2.24) is 15.2 Å². The van der Waals surface area contributed by atoms with Gasteiger partial charge in [0, 0.05) is 19.5 Å². The van der Waals surface area contributed by atoms with Crippen molar-refractivity contribution in [2.75, 3.05) is 13.1 Å². The van der Waals surface area contributed by atoms with Crippen LogP contribution < -0.4 is 54.7 Å². The Morgan fingerprint density at radius 2 is 1.28 bits per heavy atom. The van der Waals surface area contributed by atoms with Gasteiger partial charge in [-0.15, -0.1) is 0 Å². The molecule has 1 heterocycles. The summed E-state index contributed by atoms with van der Waals surface area (Å²) < 4.78 is 35.9. The van der Waals surface area contributed by atoms with Gasteiger partial charge in [-0.1, -0.05) is 52.4 Å². The highest BCUT2D eigenvalue weighted by atomic mass is 19.4. The highest BCUT2D eigenvalue weighted by Crippen LogP contribution is 2.12. The van der Waals surface area contributed by atoms with Crippen molar-refractivity contribution in [2.45, 2.75) is 148 Å². The van der Waals surface area contributed by atoms with Crippen molar-refractivity contribution in [3.05, 3.63) is 18.2 Å². The second-order valence-corrected chi connectivity index (χ2v) is 13.0. The van der Waals surface area contributed by atoms with Crippen molar-refractivity contribution in [3.63, 3.8) is 0 Å². The molecule has 1 rings (SSSR count). The fourth-order valence-corrected chi connectivity index (χ4v) is 5.24. The van der Waals surface area contributed by atoms with Gasteiger partial charge in [-0.05, 0) is 51.4 Å². The molecule has 3 atom stereocenters. The Bertz CT molecular complexity index is 1320. The van der Waals surface area contributed by atoms with Crippen molar-refractivity contribution in [1.29, 1.82) is 0 Å². The third kappa shape index (κ3) is 23.8. The minimum absolute atomic E-state index is 0.0337. The first kappa shape index (κ1) is 49.4. The van der Waals surface area contributed by atoms with Crippen LogP contribution in [-0.4, -0.2) is 77.6 Å². The van der Waals surface area contributed by atoms with Gasteiger partial charge in [0.25, 0.3) is 0 Å². The fourth-order valence-electron chi connectivity index (χ4n) is 5.24. The number of primary amides is 1. The summed E-state index contributed by atoms with van der Waals surface area (Å²) in [6, 6.07) is -2.86. The lowest BCUT2D eigenvalue weighted by atomic mass is 10.1. The predicted octanol–water partition coefficient (Wildman–Crippen LogP) is -0.553. The summed E-state index contributed by atoms with van der Waals surface area (Å²) in [6.07, 6.45) is 12.1. The highest BCUT2D eigenvalue weighted by Gasteiger charge is 2.30. The summed E-state index contributed by atoms with van der Waals surface area (Å²) in [6.45, 7) is 6.66. The summed E-state index contributed by atoms with van der Waals surface area (Å²) in [5.41, 5.74) is 34.3. The molecule has 0 bridgehead atoms. The number of aliphatic imine (C=N–C) groups is 2. The molecule has 3 amide bonds. The lowest BCUT2D eigenvalue weighted by molar-refractivity contribution is -0.697. The van der Waals surface area contributed by atoms with Crippen LogP contribution in [-0.2, 0) is 38.7 Å². The number of carbonyl (C=O) groups is 4. The van der Waals surface area contributed by atoms with Gasteiger partial charge in [0.05, 0.1) is 19.1 Å². The Morgan fingerprint density at radius 1 is 0.778 bits per heavy atom. The number of nitrogens with two attached hydrogens (primary N) is 6. The quantitative estimate of drug-likeness (QED) is 0.0244. The molecule has 310 valence electrons. The van der Waals surface area contributed by atoms with Crippen LogP contribution in [0, 0.1) is 0 Å². The van der Waals surface area contributed by atoms with Crippen molar-refractivity contribution >= 4 is 35.6 Å². The van der Waals surface area contributed by atoms with Crippen LogP contribution in [0.2, 0.25) is 0 Å². The van der Waals surface area contributed by atoms with Gasteiger partial charge in [-0.2, -0.15) is 13.2 Å². The average Bonchev–Trinajstić information content (AvgIpc) is 3.47. The largest absolute Gasteiger partial charge is 0.542 e. The van der Waals surface area contributed by atoms with E-state index in [1.165, 1.54) is 38.5 Å². The number of nitrogens with one attached hydrogen (secondary N) is 2. The molecule has 1 aromatic heterocycles. The molecule has 54 heavy (non-hydrogen) atoms. The second-order valence-electron chi connectivity index (χ2n) is 13.0. The zero-order valence-corrected chi connectivity index (χ0v) is 31.7. The maximum Gasteiger partial charge on any atom is 0.430 e. The molecule has 0 saturated heterocycles. The summed E-state index contributed by atoms with van der Waals surface area (Å²) in [4.78, 5) is 55.8. The Balaban J connectivity index is 0.00000363. The maximum absolute atomic E-state index is 13.7. The summed E-state index contributed by atoms with van der Waals surface area (Å²) in [5, 5.41) is 14.4. The van der Waals surface area contributed by atoms with E-state index in [0.717, 1.165) is 44.5 Å². The second kappa shape index (κ2) is 27.9. The maximum atomic E-state index is 13.7. The lowest BCUT2D eigenvalue weighted by Gasteiger charge is -2.23. The number of carboxylic acid groups (broad SMARTS) is 1. The number of carbonyl (C=O) groups excluding carboxylic acids is 4. The number of aliphatic carboxylic acids is 1. The average molecular weight is 777 g/mol. The molecule has 0 spiro atoms. The molecular formula is C34H63F3N12O5. The van der Waals surface area contributed by atoms with Gasteiger partial charge < -0.3 is 54.9 Å². The van der Waals surface area contributed by atoms with Crippen LogP contribution in [0.3, 0.4) is 0 Å². The van der Waals surface area contributed by atoms with E-state index in [2.05, 4.69) is 49.9 Å². The first-order chi connectivity index (χ1) is 25.4. The molecule has 20 heteroatoms. The molecular weight excluding hydrogens is 713 g/mol. The third-order valence-electron chi connectivity index (χ3n) is 8.18. The smallest absolute Gasteiger partial charge is 0.430 e. The molecule has 14 N–H and O–H groups in total. The van der Waals surface area contributed by atoms with E-state index in [1.807, 2.05) is 6.20 Å². The summed E-state index contributed by atoms with van der Waals surface area (Å²) >= 11 is 0. The van der Waals surface area contributed by atoms with Crippen LogP contribution in [0.5, 0.6) is 0 Å². The van der Waals surface area contributed by atoms with Crippen LogP contribution in [0.1, 0.15) is 109 Å². The molecule has 0 radical (unpaired) electrons. The number of imidazole rings is 1. The number of alkyl halides is 3. The van der Waals surface area contributed by atoms with E-state index >= 15 is 0 Å². The highest BCUT2D eigenvalue weighted by molar-refractivity contribution is 5.92. The molecule has 1 aromatic rings. The van der Waals surface area contributed by atoms with E-state index in [9.17, 15) is 27.6 Å². The first-order valence-electron chi connectivity index (χ1n) is 18.5. The Labute approximate surface area is 315 Å². The van der Waals surface area contributed by atoms with E-state index in [1.54, 1.807) is 0 Å². The van der Waals surface area contributed by atoms with Gasteiger partial charge in [0.2, 0.25) is 24.0 Å². The number of carboxylic acids is 1. The van der Waals surface area contributed by atoms with E-state index < -0.39 is 48.0 Å². The number of rotatable bonds is 27. The van der Waals surface area contributed by atoms with Crippen molar-refractivity contribution in [3.8, 4) is 0 Å². The summed E-state index contributed by atoms with van der Waals surface area (Å²) in [5.74, 6) is -4.81. The molecule has 0 aliphatic carbocycles. The van der Waals surface area contributed by atoms with Gasteiger partial charge in [0.1, 0.15) is 29.9 Å². The Morgan fingerprint density at radius 3 is 1.78 bits per heavy atom. The number of aromatic nitrogens is 2. The molecule has 0 fully saturated rings. The SMILES string of the molecule is CCCCCCCn1c[n+](CCCCCCC)cc1C[C@H](NC(=O)[C@@H](N)CCCN=C(N)N)C(=O)N[C@@H](CCCN=C(N)N)C(N)=O.O=C([O-])C(F)(F)F. The number of nitrogens with zero attached hydrogens (tertiary/aromatic N) is 4. The first-order valence-corrected chi connectivity index (χ1v) is 18.5. The number of halogens is 3. The molecule has 0 aliphatic heterocycles. The Hall–Kier alpha value is -4.62. The molecule has 17 nitrogen and oxygen atoms in total. The number of aryl methyl sites for hydroxylation is 2. The number of guanidine groups is 2. The Kier molecular flexibility index (Phi) is 25.5. The van der Waals surface area contributed by atoms with Crippen LogP contribution in [0.4, 0.5) is 13.2 Å². The van der Waals surface area contributed by atoms with Crippen LogP contribution >= 0.6 is 0 Å². The van der Waals surface area contributed by atoms with Crippen molar-refractivity contribution in [2.24, 2.45) is 44.4 Å². The zero-order valence-electron chi connectivity index (χ0n) is 31.7.